The lowest BCUT2D eigenvalue weighted by Crippen LogP contribution is -2.05. The fraction of sp³-hybridized carbons (Fsp3) is 0.333. The Kier molecular flexibility index (Phi) is 4.11. The number of carbonyl (C=O) groups is 2. The van der Waals surface area contributed by atoms with Crippen molar-refractivity contribution in [2.45, 2.75) is 13.8 Å². The molecule has 19 heavy (non-hydrogen) atoms. The van der Waals surface area contributed by atoms with Crippen molar-refractivity contribution in [1.29, 1.82) is 0 Å². The van der Waals surface area contributed by atoms with Crippen LogP contribution in [0.15, 0.2) is 6.07 Å². The van der Waals surface area contributed by atoms with Gasteiger partial charge in [0.05, 0.1) is 18.8 Å². The van der Waals surface area contributed by atoms with Gasteiger partial charge in [-0.15, -0.1) is 11.3 Å². The van der Waals surface area contributed by atoms with Crippen LogP contribution in [0.4, 0.5) is 0 Å². The van der Waals surface area contributed by atoms with Crippen molar-refractivity contribution < 1.29 is 19.1 Å². The van der Waals surface area contributed by atoms with E-state index >= 15 is 0 Å². The lowest BCUT2D eigenvalue weighted by molar-refractivity contribution is 0.0513. The Hall–Kier alpha value is -1.53. The van der Waals surface area contributed by atoms with E-state index in [0.717, 1.165) is 0 Å². The van der Waals surface area contributed by atoms with E-state index in [9.17, 15) is 9.59 Å². The number of H-pyrrole nitrogens is 1. The molecule has 0 aliphatic rings. The van der Waals surface area contributed by atoms with Gasteiger partial charge >= 0.3 is 11.9 Å². The van der Waals surface area contributed by atoms with Gasteiger partial charge in [0.25, 0.3) is 0 Å². The van der Waals surface area contributed by atoms with E-state index in [0.29, 0.717) is 20.2 Å². The fourth-order valence-electron chi connectivity index (χ4n) is 1.66. The maximum absolute atomic E-state index is 11.8. The average Bonchev–Trinajstić information content (AvgIpc) is 2.85. The lowest BCUT2D eigenvalue weighted by Gasteiger charge is -2.00. The van der Waals surface area contributed by atoms with Gasteiger partial charge in [0.15, 0.2) is 0 Å². The maximum atomic E-state index is 11.8. The second-order valence-corrected chi connectivity index (χ2v) is 5.24. The summed E-state index contributed by atoms with van der Waals surface area (Å²) in [6.07, 6.45) is 0. The third kappa shape index (κ3) is 2.59. The number of ether oxygens (including phenoxy) is 2. The van der Waals surface area contributed by atoms with Crippen LogP contribution in [0, 0.1) is 0 Å². The number of nitrogens with one attached hydrogen (secondary N) is 1. The highest BCUT2D eigenvalue weighted by Crippen LogP contribution is 2.36. The normalized spacial score (nSPS) is 10.7. The topological polar surface area (TPSA) is 68.4 Å². The van der Waals surface area contributed by atoms with Crippen LogP contribution in [-0.4, -0.2) is 30.1 Å². The Morgan fingerprint density at radius 3 is 2.53 bits per heavy atom. The predicted molar refractivity (Wildman–Crippen MR) is 73.1 cm³/mol. The summed E-state index contributed by atoms with van der Waals surface area (Å²) in [6, 6.07) is 1.56. The highest BCUT2D eigenvalue weighted by atomic mass is 35.5. The maximum Gasteiger partial charge on any atom is 0.354 e. The summed E-state index contributed by atoms with van der Waals surface area (Å²) in [7, 11) is 0. The van der Waals surface area contributed by atoms with Crippen LogP contribution in [0.5, 0.6) is 0 Å². The Morgan fingerprint density at radius 2 is 1.89 bits per heavy atom. The highest BCUT2D eigenvalue weighted by Gasteiger charge is 2.22. The van der Waals surface area contributed by atoms with Gasteiger partial charge in [-0.3, -0.25) is 0 Å². The first-order valence-corrected chi connectivity index (χ1v) is 6.93. The van der Waals surface area contributed by atoms with Crippen LogP contribution >= 0.6 is 22.9 Å². The fourth-order valence-corrected chi connectivity index (χ4v) is 2.98. The quantitative estimate of drug-likeness (QED) is 0.880. The average molecular weight is 302 g/mol. The Balaban J connectivity index is 2.44. The molecule has 0 aliphatic heterocycles. The molecule has 0 aromatic carbocycles. The number of hydrogen-bond donors (Lipinski definition) is 1. The number of carbonyl (C=O) groups excluding carboxylic acids is 2. The molecule has 2 aromatic heterocycles. The summed E-state index contributed by atoms with van der Waals surface area (Å²) in [6.45, 7) is 4.00. The zero-order valence-electron chi connectivity index (χ0n) is 10.4. The highest BCUT2D eigenvalue weighted by molar-refractivity contribution is 7.22. The molecule has 0 unspecified atom stereocenters. The molecule has 0 spiro atoms. The van der Waals surface area contributed by atoms with Gasteiger partial charge in [-0.1, -0.05) is 11.6 Å². The van der Waals surface area contributed by atoms with Crippen LogP contribution in [0.2, 0.25) is 4.34 Å². The number of thiophene rings is 1. The molecule has 0 atom stereocenters. The third-order valence-corrected chi connectivity index (χ3v) is 3.74. The van der Waals surface area contributed by atoms with Gasteiger partial charge in [0, 0.05) is 5.39 Å². The number of fused-ring (bicyclic) bond motifs is 1. The minimum absolute atomic E-state index is 0.266. The molecule has 2 rings (SSSR count). The monoisotopic (exact) mass is 301 g/mol. The summed E-state index contributed by atoms with van der Waals surface area (Å²) in [4.78, 5) is 27.0. The zero-order chi connectivity index (χ0) is 14.0. The van der Waals surface area contributed by atoms with Gasteiger partial charge in [-0.05, 0) is 19.9 Å². The molecule has 0 fully saturated rings. The molecule has 7 heteroatoms. The van der Waals surface area contributed by atoms with E-state index in [1.54, 1.807) is 19.9 Å². The molecule has 2 heterocycles. The third-order valence-electron chi connectivity index (χ3n) is 2.41. The summed E-state index contributed by atoms with van der Waals surface area (Å²) >= 11 is 7.20. The number of aromatic amines is 1. The Morgan fingerprint density at radius 1 is 1.26 bits per heavy atom. The van der Waals surface area contributed by atoms with Crippen molar-refractivity contribution in [1.82, 2.24) is 4.98 Å². The van der Waals surface area contributed by atoms with E-state index in [1.807, 2.05) is 0 Å². The molecule has 0 saturated carbocycles. The minimum Gasteiger partial charge on any atom is -0.462 e. The molecule has 1 N–H and O–H groups in total. The van der Waals surface area contributed by atoms with Crippen LogP contribution in [0.3, 0.4) is 0 Å². The minimum atomic E-state index is -0.492. The van der Waals surface area contributed by atoms with E-state index in [2.05, 4.69) is 4.98 Å². The van der Waals surface area contributed by atoms with Gasteiger partial charge in [-0.25, -0.2) is 9.59 Å². The number of halogens is 1. The summed E-state index contributed by atoms with van der Waals surface area (Å²) in [5, 5.41) is 0.580. The van der Waals surface area contributed by atoms with E-state index in [-0.39, 0.29) is 18.8 Å². The summed E-state index contributed by atoms with van der Waals surface area (Å²) in [5.41, 5.74) is 0.584. The first kappa shape index (κ1) is 13.9. The van der Waals surface area contributed by atoms with Crippen molar-refractivity contribution in [3.63, 3.8) is 0 Å². The van der Waals surface area contributed by atoms with E-state index in [1.165, 1.54) is 11.3 Å². The second kappa shape index (κ2) is 5.63. The molecular weight excluding hydrogens is 290 g/mol. The van der Waals surface area contributed by atoms with Crippen LogP contribution in [-0.2, 0) is 9.47 Å². The van der Waals surface area contributed by atoms with Crippen molar-refractivity contribution in [3.8, 4) is 0 Å². The smallest absolute Gasteiger partial charge is 0.354 e. The van der Waals surface area contributed by atoms with Gasteiger partial charge in [0.2, 0.25) is 0 Å². The molecule has 5 nitrogen and oxygen atoms in total. The van der Waals surface area contributed by atoms with Crippen molar-refractivity contribution in [2.75, 3.05) is 13.2 Å². The van der Waals surface area contributed by atoms with Gasteiger partial charge in [0.1, 0.15) is 14.9 Å². The number of rotatable bonds is 4. The van der Waals surface area contributed by atoms with Gasteiger partial charge in [-0.2, -0.15) is 0 Å². The number of hydrogen-bond acceptors (Lipinski definition) is 5. The summed E-state index contributed by atoms with van der Waals surface area (Å²) in [5.74, 6) is -0.954. The first-order chi connectivity index (χ1) is 9.08. The molecule has 0 saturated heterocycles. The second-order valence-electron chi connectivity index (χ2n) is 3.62. The van der Waals surface area contributed by atoms with Gasteiger partial charge < -0.3 is 14.5 Å². The van der Waals surface area contributed by atoms with Crippen molar-refractivity contribution in [2.24, 2.45) is 0 Å². The standard InChI is InChI=1S/C12H12ClNO4S/c1-3-17-11(15)7-5-6-8(12(16)18-4-2)9(13)19-10(6)14-7/h5,14H,3-4H2,1-2H3. The zero-order valence-corrected chi connectivity index (χ0v) is 12.0. The van der Waals surface area contributed by atoms with Crippen LogP contribution < -0.4 is 0 Å². The van der Waals surface area contributed by atoms with Crippen molar-refractivity contribution >= 4 is 45.1 Å². The largest absolute Gasteiger partial charge is 0.462 e. The Bertz CT molecular complexity index is 631. The summed E-state index contributed by atoms with van der Waals surface area (Å²) < 4.78 is 10.2. The Labute approximate surface area is 118 Å². The number of esters is 2. The van der Waals surface area contributed by atoms with Crippen LogP contribution in [0.25, 0.3) is 10.2 Å². The molecule has 0 aliphatic carbocycles. The molecule has 102 valence electrons. The van der Waals surface area contributed by atoms with Crippen molar-refractivity contribution in [3.05, 3.63) is 21.7 Å². The molecule has 0 radical (unpaired) electrons. The van der Waals surface area contributed by atoms with E-state index in [4.69, 9.17) is 21.1 Å². The molecule has 0 bridgehead atoms. The van der Waals surface area contributed by atoms with E-state index < -0.39 is 11.9 Å². The molecular formula is C12H12ClNO4S. The molecule has 2 aromatic rings. The molecule has 0 amide bonds. The SMILES string of the molecule is CCOC(=O)c1cc2c(C(=O)OCC)c(Cl)sc2[nH]1. The first-order valence-electron chi connectivity index (χ1n) is 5.73. The van der Waals surface area contributed by atoms with Crippen LogP contribution in [0.1, 0.15) is 34.7 Å². The predicted octanol–water partition coefficient (Wildman–Crippen LogP) is 3.24. The lowest BCUT2D eigenvalue weighted by atomic mass is 10.2. The number of aromatic nitrogens is 1.